The van der Waals surface area contributed by atoms with Crippen molar-refractivity contribution in [2.75, 3.05) is 0 Å². The normalized spacial score (nSPS) is 12.6. The van der Waals surface area contributed by atoms with Gasteiger partial charge in [0.25, 0.3) is 0 Å². The lowest BCUT2D eigenvalue weighted by Gasteiger charge is -2.16. The SMILES string of the molecule is CCn1c(Oc2cccc(-n3ccnc3)c2)nnc1[C@@H](C)NS(=O)(=O)c1ccc(Cl)c(Cl)c1. The van der Waals surface area contributed by atoms with Gasteiger partial charge in [-0.25, -0.2) is 18.1 Å². The molecule has 9 nitrogen and oxygen atoms in total. The Morgan fingerprint density at radius 2 is 1.94 bits per heavy atom. The van der Waals surface area contributed by atoms with Crippen molar-refractivity contribution >= 4 is 33.2 Å². The lowest BCUT2D eigenvalue weighted by Crippen LogP contribution is -2.29. The fourth-order valence-corrected chi connectivity index (χ4v) is 4.81. The lowest BCUT2D eigenvalue weighted by atomic mass is 10.3. The van der Waals surface area contributed by atoms with Crippen LogP contribution in [0.4, 0.5) is 0 Å². The molecule has 4 aromatic rings. The van der Waals surface area contributed by atoms with Gasteiger partial charge in [0.2, 0.25) is 10.0 Å². The van der Waals surface area contributed by atoms with Gasteiger partial charge in [0.15, 0.2) is 5.82 Å². The number of nitrogens with zero attached hydrogens (tertiary/aromatic N) is 5. The molecule has 2 aromatic heterocycles. The summed E-state index contributed by atoms with van der Waals surface area (Å²) in [4.78, 5) is 4.05. The van der Waals surface area contributed by atoms with Crippen molar-refractivity contribution < 1.29 is 13.2 Å². The van der Waals surface area contributed by atoms with Crippen LogP contribution in [0, 0.1) is 0 Å². The smallest absolute Gasteiger partial charge is 0.322 e. The van der Waals surface area contributed by atoms with E-state index in [1.807, 2.05) is 35.9 Å². The summed E-state index contributed by atoms with van der Waals surface area (Å²) in [6.07, 6.45) is 5.20. The number of rotatable bonds is 8. The molecule has 4 rings (SSSR count). The minimum atomic E-state index is -3.88. The van der Waals surface area contributed by atoms with E-state index in [0.717, 1.165) is 5.69 Å². The molecule has 2 aromatic carbocycles. The van der Waals surface area contributed by atoms with Crippen LogP contribution in [0.2, 0.25) is 10.0 Å². The van der Waals surface area contributed by atoms with Gasteiger partial charge in [0, 0.05) is 25.0 Å². The second-order valence-corrected chi connectivity index (χ2v) is 9.60. The fraction of sp³-hybridized carbons (Fsp3) is 0.190. The molecule has 1 N–H and O–H groups in total. The Morgan fingerprint density at radius 3 is 2.64 bits per heavy atom. The maximum absolute atomic E-state index is 12.8. The van der Waals surface area contributed by atoms with Crippen molar-refractivity contribution in [2.45, 2.75) is 31.3 Å². The first-order valence-corrected chi connectivity index (χ1v) is 12.2. The number of hydrogen-bond acceptors (Lipinski definition) is 6. The zero-order valence-corrected chi connectivity index (χ0v) is 20.0. The number of imidazole rings is 1. The van der Waals surface area contributed by atoms with Crippen LogP contribution in [0.1, 0.15) is 25.7 Å². The third-order valence-electron chi connectivity index (χ3n) is 4.81. The summed E-state index contributed by atoms with van der Waals surface area (Å²) < 4.78 is 37.7. The molecule has 0 spiro atoms. The first-order chi connectivity index (χ1) is 15.8. The standard InChI is InChI=1S/C21H20Cl2N6O3S/c1-3-29-20(14(2)27-33(30,31)17-7-8-18(22)19(23)12-17)25-26-21(29)32-16-6-4-5-15(11-16)28-10-9-24-13-28/h4-14,27H,3H2,1-2H3/t14-/m1/s1. The van der Waals surface area contributed by atoms with Gasteiger partial charge in [-0.3, -0.25) is 4.57 Å². The third-order valence-corrected chi connectivity index (χ3v) is 7.09. The summed E-state index contributed by atoms with van der Waals surface area (Å²) >= 11 is 11.9. The van der Waals surface area contributed by atoms with E-state index in [2.05, 4.69) is 19.9 Å². The molecule has 33 heavy (non-hydrogen) atoms. The van der Waals surface area contributed by atoms with Crippen LogP contribution in [-0.4, -0.2) is 32.7 Å². The number of aromatic nitrogens is 5. The largest absolute Gasteiger partial charge is 0.424 e. The maximum atomic E-state index is 12.8. The predicted octanol–water partition coefficient (Wildman–Crippen LogP) is 4.62. The summed E-state index contributed by atoms with van der Waals surface area (Å²) in [7, 11) is -3.88. The van der Waals surface area contributed by atoms with Crippen LogP contribution < -0.4 is 9.46 Å². The van der Waals surface area contributed by atoms with E-state index in [1.54, 1.807) is 30.1 Å². The number of sulfonamides is 1. The molecule has 0 aliphatic carbocycles. The lowest BCUT2D eigenvalue weighted by molar-refractivity contribution is 0.407. The quantitative estimate of drug-likeness (QED) is 0.373. The Bertz CT molecular complexity index is 1370. The Kier molecular flexibility index (Phi) is 6.71. The van der Waals surface area contributed by atoms with E-state index < -0.39 is 16.1 Å². The second kappa shape index (κ2) is 9.52. The van der Waals surface area contributed by atoms with Gasteiger partial charge in [-0.15, -0.1) is 5.10 Å². The molecule has 12 heteroatoms. The second-order valence-electron chi connectivity index (χ2n) is 7.07. The maximum Gasteiger partial charge on any atom is 0.322 e. The number of nitrogens with one attached hydrogen (secondary N) is 1. The highest BCUT2D eigenvalue weighted by atomic mass is 35.5. The highest BCUT2D eigenvalue weighted by molar-refractivity contribution is 7.89. The van der Waals surface area contributed by atoms with Crippen molar-refractivity contribution in [1.82, 2.24) is 29.0 Å². The molecule has 0 saturated carbocycles. The summed E-state index contributed by atoms with van der Waals surface area (Å²) in [5.41, 5.74) is 0.871. The number of halogens is 2. The zero-order chi connectivity index (χ0) is 23.6. The van der Waals surface area contributed by atoms with Gasteiger partial charge in [-0.05, 0) is 44.2 Å². The monoisotopic (exact) mass is 506 g/mol. The van der Waals surface area contributed by atoms with Gasteiger partial charge in [-0.1, -0.05) is 34.4 Å². The predicted molar refractivity (Wildman–Crippen MR) is 125 cm³/mol. The molecule has 0 aliphatic heterocycles. The van der Waals surface area contributed by atoms with Gasteiger partial charge in [0.1, 0.15) is 5.75 Å². The van der Waals surface area contributed by atoms with Crippen LogP contribution in [0.15, 0.2) is 66.1 Å². The average molecular weight is 507 g/mol. The molecule has 0 radical (unpaired) electrons. The summed E-state index contributed by atoms with van der Waals surface area (Å²) in [5.74, 6) is 0.959. The molecular formula is C21H20Cl2N6O3S. The molecule has 0 amide bonds. The molecule has 0 fully saturated rings. The van der Waals surface area contributed by atoms with Crippen LogP contribution >= 0.6 is 23.2 Å². The van der Waals surface area contributed by atoms with Crippen molar-refractivity contribution in [3.05, 3.63) is 77.1 Å². The van der Waals surface area contributed by atoms with E-state index in [4.69, 9.17) is 27.9 Å². The van der Waals surface area contributed by atoms with Crippen LogP contribution in [0.25, 0.3) is 5.69 Å². The minimum Gasteiger partial charge on any atom is -0.424 e. The Balaban J connectivity index is 1.56. The minimum absolute atomic E-state index is 0.000830. The number of benzene rings is 2. The highest BCUT2D eigenvalue weighted by Gasteiger charge is 2.24. The number of ether oxygens (including phenoxy) is 1. The van der Waals surface area contributed by atoms with Gasteiger partial charge in [0.05, 0.1) is 33.0 Å². The Morgan fingerprint density at radius 1 is 1.12 bits per heavy atom. The number of hydrogen-bond donors (Lipinski definition) is 1. The van der Waals surface area contributed by atoms with Crippen molar-refractivity contribution in [1.29, 1.82) is 0 Å². The Labute approximate surface area is 201 Å². The molecule has 1 atom stereocenters. The molecule has 0 aliphatic rings. The summed E-state index contributed by atoms with van der Waals surface area (Å²) in [6, 6.07) is 11.1. The topological polar surface area (TPSA) is 104 Å². The van der Waals surface area contributed by atoms with E-state index in [0.29, 0.717) is 18.1 Å². The van der Waals surface area contributed by atoms with Gasteiger partial charge < -0.3 is 9.30 Å². The van der Waals surface area contributed by atoms with Crippen molar-refractivity contribution in [3.63, 3.8) is 0 Å². The van der Waals surface area contributed by atoms with Gasteiger partial charge in [-0.2, -0.15) is 0 Å². The van der Waals surface area contributed by atoms with E-state index in [9.17, 15) is 8.42 Å². The molecule has 0 bridgehead atoms. The Hall–Kier alpha value is -2.92. The molecule has 2 heterocycles. The van der Waals surface area contributed by atoms with Crippen molar-refractivity contribution in [3.8, 4) is 17.4 Å². The summed E-state index contributed by atoms with van der Waals surface area (Å²) in [5, 5.41) is 8.71. The molecule has 0 saturated heterocycles. The third kappa shape index (κ3) is 5.03. The van der Waals surface area contributed by atoms with Crippen LogP contribution in [0.3, 0.4) is 0 Å². The first kappa shape index (κ1) is 23.2. The highest BCUT2D eigenvalue weighted by Crippen LogP contribution is 2.27. The first-order valence-electron chi connectivity index (χ1n) is 9.95. The van der Waals surface area contributed by atoms with Gasteiger partial charge >= 0.3 is 6.01 Å². The molecule has 172 valence electrons. The van der Waals surface area contributed by atoms with E-state index in [1.165, 1.54) is 18.2 Å². The zero-order valence-electron chi connectivity index (χ0n) is 17.7. The summed E-state index contributed by atoms with van der Waals surface area (Å²) in [6.45, 7) is 4.04. The van der Waals surface area contributed by atoms with E-state index in [-0.39, 0.29) is 21.0 Å². The van der Waals surface area contributed by atoms with Crippen LogP contribution in [-0.2, 0) is 16.6 Å². The fourth-order valence-electron chi connectivity index (χ4n) is 3.22. The molecular weight excluding hydrogens is 487 g/mol. The average Bonchev–Trinajstić information content (AvgIpc) is 3.45. The van der Waals surface area contributed by atoms with E-state index >= 15 is 0 Å². The van der Waals surface area contributed by atoms with Crippen molar-refractivity contribution in [2.24, 2.45) is 0 Å². The van der Waals surface area contributed by atoms with Crippen LogP contribution in [0.5, 0.6) is 11.8 Å². The molecule has 0 unspecified atom stereocenters.